The Morgan fingerprint density at radius 3 is 1.96 bits per heavy atom. The van der Waals surface area contributed by atoms with E-state index in [0.717, 1.165) is 6.42 Å². The maximum atomic E-state index is 2.56. The fraction of sp³-hybridized carbons (Fsp3) is 0.185. The van der Waals surface area contributed by atoms with Gasteiger partial charge < -0.3 is 4.57 Å². The highest BCUT2D eigenvalue weighted by Crippen LogP contribution is 2.39. The highest BCUT2D eigenvalue weighted by Gasteiger charge is 2.26. The van der Waals surface area contributed by atoms with Crippen molar-refractivity contribution >= 4 is 0 Å². The zero-order valence-electron chi connectivity index (χ0n) is 16.1. The second-order valence-corrected chi connectivity index (χ2v) is 7.65. The van der Waals surface area contributed by atoms with Crippen molar-refractivity contribution in [1.82, 2.24) is 4.57 Å². The third-order valence-electron chi connectivity index (χ3n) is 5.86. The molecule has 1 aromatic heterocycles. The van der Waals surface area contributed by atoms with Crippen LogP contribution in [0, 0.1) is 0 Å². The average molecular weight is 364 g/mol. The number of benzene rings is 3. The summed E-state index contributed by atoms with van der Waals surface area (Å²) in [6, 6.07) is 32.8. The summed E-state index contributed by atoms with van der Waals surface area (Å²) in [5, 5.41) is 0. The van der Waals surface area contributed by atoms with Crippen LogP contribution in [0.15, 0.2) is 91.0 Å². The number of aromatic nitrogens is 1. The first-order chi connectivity index (χ1) is 13.9. The third-order valence-corrected chi connectivity index (χ3v) is 5.86. The number of rotatable bonds is 4. The minimum absolute atomic E-state index is 0.951. The van der Waals surface area contributed by atoms with E-state index in [1.807, 2.05) is 0 Å². The summed E-state index contributed by atoms with van der Waals surface area (Å²) in [4.78, 5) is 0. The van der Waals surface area contributed by atoms with Gasteiger partial charge in [0.1, 0.15) is 0 Å². The Kier molecular flexibility index (Phi) is 4.58. The number of nitrogens with zero attached hydrogens (tertiary/aromatic N) is 1. The van der Waals surface area contributed by atoms with E-state index in [1.165, 1.54) is 59.4 Å². The van der Waals surface area contributed by atoms with Crippen LogP contribution in [0.25, 0.3) is 16.8 Å². The van der Waals surface area contributed by atoms with Crippen molar-refractivity contribution in [2.75, 3.05) is 0 Å². The lowest BCUT2D eigenvalue weighted by atomic mass is 9.90. The van der Waals surface area contributed by atoms with Gasteiger partial charge in [-0.1, -0.05) is 78.9 Å². The lowest BCUT2D eigenvalue weighted by molar-refractivity contribution is 0.661. The minimum Gasteiger partial charge on any atom is -0.317 e. The molecule has 0 fully saturated rings. The van der Waals surface area contributed by atoms with Gasteiger partial charge in [0.15, 0.2) is 0 Å². The maximum Gasteiger partial charge on any atom is 0.0455 e. The van der Waals surface area contributed by atoms with E-state index in [4.69, 9.17) is 0 Å². The molecule has 1 heterocycles. The molecule has 138 valence electrons. The molecular formula is C27H25N. The van der Waals surface area contributed by atoms with Gasteiger partial charge in [-0.3, -0.25) is 0 Å². The van der Waals surface area contributed by atoms with E-state index in [0.29, 0.717) is 0 Å². The quantitative estimate of drug-likeness (QED) is 0.384. The van der Waals surface area contributed by atoms with E-state index in [2.05, 4.69) is 95.6 Å². The average Bonchev–Trinajstić information content (AvgIpc) is 3.09. The van der Waals surface area contributed by atoms with Crippen LogP contribution in [0.4, 0.5) is 0 Å². The van der Waals surface area contributed by atoms with Crippen molar-refractivity contribution in [3.05, 3.63) is 114 Å². The first kappa shape index (κ1) is 17.1. The normalized spacial score (nSPS) is 13.3. The fourth-order valence-corrected chi connectivity index (χ4v) is 4.65. The lowest BCUT2D eigenvalue weighted by Crippen LogP contribution is -2.09. The summed E-state index contributed by atoms with van der Waals surface area (Å²) < 4.78 is 2.56. The molecule has 1 heteroatoms. The van der Waals surface area contributed by atoms with Crippen LogP contribution in [0.3, 0.4) is 0 Å². The SMILES string of the molecule is c1ccc(Cc2c(-c3ccccc3)c3c(n2-c2ccccc2)CCCC3)cc1. The van der Waals surface area contributed by atoms with Crippen molar-refractivity contribution in [3.63, 3.8) is 0 Å². The predicted octanol–water partition coefficient (Wildman–Crippen LogP) is 6.61. The molecule has 0 saturated heterocycles. The summed E-state index contributed by atoms with van der Waals surface area (Å²) in [5.74, 6) is 0. The van der Waals surface area contributed by atoms with Crippen molar-refractivity contribution in [1.29, 1.82) is 0 Å². The molecule has 0 bridgehead atoms. The summed E-state index contributed by atoms with van der Waals surface area (Å²) >= 11 is 0. The molecule has 1 aliphatic carbocycles. The van der Waals surface area contributed by atoms with E-state index in [-0.39, 0.29) is 0 Å². The molecule has 0 N–H and O–H groups in total. The van der Waals surface area contributed by atoms with Gasteiger partial charge >= 0.3 is 0 Å². The smallest absolute Gasteiger partial charge is 0.0455 e. The molecule has 0 unspecified atom stereocenters. The zero-order valence-corrected chi connectivity index (χ0v) is 16.1. The van der Waals surface area contributed by atoms with Gasteiger partial charge in [0.2, 0.25) is 0 Å². The Labute approximate surface area is 167 Å². The number of hydrogen-bond acceptors (Lipinski definition) is 0. The molecule has 0 saturated carbocycles. The largest absolute Gasteiger partial charge is 0.317 e. The Morgan fingerprint density at radius 2 is 1.25 bits per heavy atom. The molecule has 1 nitrogen and oxygen atoms in total. The standard InChI is InChI=1S/C27H25N/c1-4-12-21(13-5-1)20-26-27(22-14-6-2-7-15-22)24-18-10-11-19-25(24)28(26)23-16-8-3-9-17-23/h1-9,12-17H,10-11,18-20H2. The molecule has 28 heavy (non-hydrogen) atoms. The minimum atomic E-state index is 0.951. The van der Waals surface area contributed by atoms with Crippen molar-refractivity contribution in [2.45, 2.75) is 32.1 Å². The molecule has 0 amide bonds. The van der Waals surface area contributed by atoms with Gasteiger partial charge in [-0.05, 0) is 54.5 Å². The molecule has 0 radical (unpaired) electrons. The van der Waals surface area contributed by atoms with Crippen LogP contribution in [0.2, 0.25) is 0 Å². The fourth-order valence-electron chi connectivity index (χ4n) is 4.65. The van der Waals surface area contributed by atoms with Crippen LogP contribution in [0.1, 0.15) is 35.4 Å². The van der Waals surface area contributed by atoms with E-state index in [1.54, 1.807) is 5.56 Å². The molecule has 0 atom stereocenters. The van der Waals surface area contributed by atoms with E-state index < -0.39 is 0 Å². The van der Waals surface area contributed by atoms with Gasteiger partial charge in [-0.25, -0.2) is 0 Å². The second kappa shape index (κ2) is 7.52. The zero-order chi connectivity index (χ0) is 18.8. The molecule has 0 spiro atoms. The van der Waals surface area contributed by atoms with Gasteiger partial charge in [0.25, 0.3) is 0 Å². The van der Waals surface area contributed by atoms with E-state index in [9.17, 15) is 0 Å². The highest BCUT2D eigenvalue weighted by molar-refractivity contribution is 5.74. The summed E-state index contributed by atoms with van der Waals surface area (Å²) in [6.45, 7) is 0. The molecular weight excluding hydrogens is 338 g/mol. The predicted molar refractivity (Wildman–Crippen MR) is 117 cm³/mol. The molecule has 1 aliphatic rings. The third kappa shape index (κ3) is 3.07. The topological polar surface area (TPSA) is 4.93 Å². The van der Waals surface area contributed by atoms with Gasteiger partial charge in [-0.15, -0.1) is 0 Å². The first-order valence-corrected chi connectivity index (χ1v) is 10.3. The van der Waals surface area contributed by atoms with E-state index >= 15 is 0 Å². The van der Waals surface area contributed by atoms with Crippen molar-refractivity contribution in [3.8, 4) is 16.8 Å². The van der Waals surface area contributed by atoms with Crippen LogP contribution in [0.5, 0.6) is 0 Å². The number of para-hydroxylation sites is 1. The lowest BCUT2D eigenvalue weighted by Gasteiger charge is -2.17. The van der Waals surface area contributed by atoms with Crippen LogP contribution < -0.4 is 0 Å². The Hall–Kier alpha value is -3.06. The Bertz CT molecular complexity index is 993. The number of fused-ring (bicyclic) bond motifs is 1. The highest BCUT2D eigenvalue weighted by atomic mass is 15.0. The molecule has 5 rings (SSSR count). The first-order valence-electron chi connectivity index (χ1n) is 10.3. The molecule has 4 aromatic rings. The number of hydrogen-bond donors (Lipinski definition) is 0. The summed E-state index contributed by atoms with van der Waals surface area (Å²) in [7, 11) is 0. The van der Waals surface area contributed by atoms with Crippen molar-refractivity contribution in [2.24, 2.45) is 0 Å². The second-order valence-electron chi connectivity index (χ2n) is 7.65. The van der Waals surface area contributed by atoms with Gasteiger partial charge in [0, 0.05) is 29.1 Å². The molecule has 3 aromatic carbocycles. The summed E-state index contributed by atoms with van der Waals surface area (Å²) in [6.07, 6.45) is 5.87. The Morgan fingerprint density at radius 1 is 0.643 bits per heavy atom. The van der Waals surface area contributed by atoms with Crippen molar-refractivity contribution < 1.29 is 0 Å². The van der Waals surface area contributed by atoms with Crippen LogP contribution in [-0.4, -0.2) is 4.57 Å². The molecule has 0 aliphatic heterocycles. The van der Waals surface area contributed by atoms with Crippen LogP contribution in [-0.2, 0) is 19.3 Å². The monoisotopic (exact) mass is 363 g/mol. The summed E-state index contributed by atoms with van der Waals surface area (Å²) in [5.41, 5.74) is 9.97. The maximum absolute atomic E-state index is 2.56. The van der Waals surface area contributed by atoms with Crippen LogP contribution >= 0.6 is 0 Å². The van der Waals surface area contributed by atoms with Gasteiger partial charge in [0.05, 0.1) is 0 Å². The van der Waals surface area contributed by atoms with Gasteiger partial charge in [-0.2, -0.15) is 0 Å². The Balaban J connectivity index is 1.79.